The quantitative estimate of drug-likeness (QED) is 0.464. The topological polar surface area (TPSA) is 70.6 Å². The SMILES string of the molecule is O=C(NO)c1cccc2c1Oc1ccccc1C2=C1CC2CCC(C1)N2. The molecule has 5 rings (SSSR count). The maximum absolute atomic E-state index is 12.1. The summed E-state index contributed by atoms with van der Waals surface area (Å²) in [5.74, 6) is 0.716. The third-order valence-corrected chi connectivity index (χ3v) is 5.67. The highest BCUT2D eigenvalue weighted by molar-refractivity contribution is 6.01. The highest BCUT2D eigenvalue weighted by atomic mass is 16.5. The van der Waals surface area contributed by atoms with Crippen LogP contribution < -0.4 is 15.5 Å². The van der Waals surface area contributed by atoms with Gasteiger partial charge in [-0.1, -0.05) is 35.9 Å². The van der Waals surface area contributed by atoms with Gasteiger partial charge in [0.2, 0.25) is 0 Å². The number of hydrogen-bond donors (Lipinski definition) is 3. The molecular weight excluding hydrogens is 328 g/mol. The van der Waals surface area contributed by atoms with Gasteiger partial charge in [-0.2, -0.15) is 0 Å². The third kappa shape index (κ3) is 2.35. The Kier molecular flexibility index (Phi) is 3.58. The van der Waals surface area contributed by atoms with Crippen LogP contribution in [0.4, 0.5) is 0 Å². The number of benzene rings is 2. The lowest BCUT2D eigenvalue weighted by Crippen LogP contribution is -2.35. The van der Waals surface area contributed by atoms with Crippen molar-refractivity contribution in [1.29, 1.82) is 0 Å². The molecular formula is C21H20N2O3. The first-order valence-electron chi connectivity index (χ1n) is 9.07. The lowest BCUT2D eigenvalue weighted by atomic mass is 9.84. The number of ether oxygens (including phenoxy) is 1. The smallest absolute Gasteiger partial charge is 0.278 e. The molecule has 132 valence electrons. The number of hydrogen-bond acceptors (Lipinski definition) is 4. The standard InChI is InChI=1S/C21H20N2O3/c24-21(23-25)17-6-3-5-16-19(12-10-13-8-9-14(11-12)22-13)15-4-1-2-7-18(15)26-20(16)17/h1-7,13-14,22,25H,8-11H2,(H,23,24). The van der Waals surface area contributed by atoms with E-state index in [0.29, 0.717) is 23.4 Å². The highest BCUT2D eigenvalue weighted by Crippen LogP contribution is 2.48. The van der Waals surface area contributed by atoms with Crippen LogP contribution in [0.25, 0.3) is 5.57 Å². The summed E-state index contributed by atoms with van der Waals surface area (Å²) < 4.78 is 6.10. The van der Waals surface area contributed by atoms with E-state index < -0.39 is 5.91 Å². The van der Waals surface area contributed by atoms with Crippen molar-refractivity contribution in [3.8, 4) is 11.5 Å². The van der Waals surface area contributed by atoms with Crippen molar-refractivity contribution >= 4 is 11.5 Å². The fourth-order valence-electron chi connectivity index (χ4n) is 4.59. The summed E-state index contributed by atoms with van der Waals surface area (Å²) in [6.07, 6.45) is 4.49. The normalized spacial score (nSPS) is 23.1. The predicted molar refractivity (Wildman–Crippen MR) is 97.4 cm³/mol. The van der Waals surface area contributed by atoms with E-state index in [1.165, 1.54) is 24.0 Å². The van der Waals surface area contributed by atoms with Gasteiger partial charge >= 0.3 is 0 Å². The zero-order valence-electron chi connectivity index (χ0n) is 14.3. The maximum atomic E-state index is 12.1. The predicted octanol–water partition coefficient (Wildman–Crippen LogP) is 3.63. The van der Waals surface area contributed by atoms with E-state index in [4.69, 9.17) is 9.94 Å². The molecule has 3 heterocycles. The molecule has 5 nitrogen and oxygen atoms in total. The van der Waals surface area contributed by atoms with Crippen LogP contribution in [0.15, 0.2) is 48.0 Å². The van der Waals surface area contributed by atoms with Crippen molar-refractivity contribution in [3.05, 3.63) is 64.7 Å². The van der Waals surface area contributed by atoms with Gasteiger partial charge in [0.15, 0.2) is 0 Å². The van der Waals surface area contributed by atoms with Crippen molar-refractivity contribution < 1.29 is 14.7 Å². The third-order valence-electron chi connectivity index (χ3n) is 5.67. The van der Waals surface area contributed by atoms with Gasteiger partial charge in [0, 0.05) is 23.2 Å². The molecule has 3 aliphatic heterocycles. The Balaban J connectivity index is 1.74. The van der Waals surface area contributed by atoms with E-state index in [-0.39, 0.29) is 0 Å². The van der Waals surface area contributed by atoms with Crippen LogP contribution in [0.3, 0.4) is 0 Å². The Morgan fingerprint density at radius 2 is 1.77 bits per heavy atom. The number of carbonyl (C=O) groups is 1. The molecule has 0 aliphatic carbocycles. The molecule has 2 bridgehead atoms. The first kappa shape index (κ1) is 15.6. The summed E-state index contributed by atoms with van der Waals surface area (Å²) in [5, 5.41) is 12.8. The number of piperidine rings is 1. The number of hydroxylamine groups is 1. The molecule has 0 spiro atoms. The van der Waals surface area contributed by atoms with Gasteiger partial charge in [-0.15, -0.1) is 0 Å². The first-order chi connectivity index (χ1) is 12.7. The second-order valence-electron chi connectivity index (χ2n) is 7.25. The number of rotatable bonds is 1. The summed E-state index contributed by atoms with van der Waals surface area (Å²) in [7, 11) is 0. The lowest BCUT2D eigenvalue weighted by molar-refractivity contribution is 0.0703. The van der Waals surface area contributed by atoms with Gasteiger partial charge in [-0.3, -0.25) is 10.0 Å². The number of para-hydroxylation sites is 2. The molecule has 3 aliphatic rings. The van der Waals surface area contributed by atoms with E-state index in [1.54, 1.807) is 11.5 Å². The number of fused-ring (bicyclic) bond motifs is 4. The average Bonchev–Trinajstić information content (AvgIpc) is 3.02. The summed E-state index contributed by atoms with van der Waals surface area (Å²) in [6, 6.07) is 14.6. The molecule has 2 unspecified atom stereocenters. The largest absolute Gasteiger partial charge is 0.455 e. The van der Waals surface area contributed by atoms with E-state index in [0.717, 1.165) is 29.7 Å². The van der Waals surface area contributed by atoms with Crippen LogP contribution in [0, 0.1) is 0 Å². The van der Waals surface area contributed by atoms with E-state index >= 15 is 0 Å². The van der Waals surface area contributed by atoms with Crippen LogP contribution in [-0.2, 0) is 0 Å². The molecule has 0 radical (unpaired) electrons. The first-order valence-corrected chi connectivity index (χ1v) is 9.07. The minimum atomic E-state index is -0.559. The zero-order valence-corrected chi connectivity index (χ0v) is 14.3. The number of amides is 1. The van der Waals surface area contributed by atoms with Crippen LogP contribution in [0.2, 0.25) is 0 Å². The Labute approximate surface area is 151 Å². The average molecular weight is 348 g/mol. The molecule has 26 heavy (non-hydrogen) atoms. The molecule has 2 aromatic carbocycles. The molecule has 2 fully saturated rings. The fourth-order valence-corrected chi connectivity index (χ4v) is 4.59. The second-order valence-corrected chi connectivity index (χ2v) is 7.25. The Morgan fingerprint density at radius 3 is 2.54 bits per heavy atom. The van der Waals surface area contributed by atoms with Crippen LogP contribution in [0.5, 0.6) is 11.5 Å². The highest BCUT2D eigenvalue weighted by Gasteiger charge is 2.35. The minimum Gasteiger partial charge on any atom is -0.455 e. The molecule has 2 atom stereocenters. The fraction of sp³-hybridized carbons (Fsp3) is 0.286. The van der Waals surface area contributed by atoms with Crippen LogP contribution >= 0.6 is 0 Å². The van der Waals surface area contributed by atoms with E-state index in [1.807, 2.05) is 30.3 Å². The monoisotopic (exact) mass is 348 g/mol. The van der Waals surface area contributed by atoms with E-state index in [9.17, 15) is 4.79 Å². The summed E-state index contributed by atoms with van der Waals surface area (Å²) in [4.78, 5) is 12.1. The van der Waals surface area contributed by atoms with Crippen molar-refractivity contribution in [2.45, 2.75) is 37.8 Å². The van der Waals surface area contributed by atoms with Gasteiger partial charge < -0.3 is 10.1 Å². The van der Waals surface area contributed by atoms with Crippen molar-refractivity contribution in [2.24, 2.45) is 0 Å². The van der Waals surface area contributed by atoms with Crippen molar-refractivity contribution in [1.82, 2.24) is 10.8 Å². The Bertz CT molecular complexity index is 921. The Hall–Kier alpha value is -2.63. The van der Waals surface area contributed by atoms with Gasteiger partial charge in [0.05, 0.1) is 5.56 Å². The van der Waals surface area contributed by atoms with Gasteiger partial charge in [0.1, 0.15) is 11.5 Å². The van der Waals surface area contributed by atoms with Crippen LogP contribution in [-0.4, -0.2) is 23.2 Å². The molecule has 0 saturated carbocycles. The number of carbonyl (C=O) groups excluding carboxylic acids is 1. The molecule has 2 aromatic rings. The molecule has 2 saturated heterocycles. The maximum Gasteiger partial charge on any atom is 0.278 e. The van der Waals surface area contributed by atoms with Gasteiger partial charge in [0.25, 0.3) is 5.91 Å². The molecule has 3 N–H and O–H groups in total. The second kappa shape index (κ2) is 5.97. The molecule has 1 amide bonds. The van der Waals surface area contributed by atoms with Crippen LogP contribution in [0.1, 0.15) is 47.2 Å². The summed E-state index contributed by atoms with van der Waals surface area (Å²) >= 11 is 0. The lowest BCUT2D eigenvalue weighted by Gasteiger charge is -2.31. The van der Waals surface area contributed by atoms with Crippen molar-refractivity contribution in [3.63, 3.8) is 0 Å². The summed E-state index contributed by atoms with van der Waals surface area (Å²) in [5.41, 5.74) is 6.70. The van der Waals surface area contributed by atoms with Crippen molar-refractivity contribution in [2.75, 3.05) is 0 Å². The minimum absolute atomic E-state index is 0.342. The zero-order chi connectivity index (χ0) is 17.7. The summed E-state index contributed by atoms with van der Waals surface area (Å²) in [6.45, 7) is 0. The molecule has 5 heteroatoms. The van der Waals surface area contributed by atoms with Gasteiger partial charge in [-0.05, 0) is 43.4 Å². The number of nitrogens with one attached hydrogen (secondary N) is 2. The Morgan fingerprint density at radius 1 is 1.04 bits per heavy atom. The molecule has 0 aromatic heterocycles. The van der Waals surface area contributed by atoms with E-state index in [2.05, 4.69) is 11.4 Å². The van der Waals surface area contributed by atoms with Gasteiger partial charge in [-0.25, -0.2) is 5.48 Å².